The summed E-state index contributed by atoms with van der Waals surface area (Å²) >= 11 is 0. The molecule has 1 atom stereocenters. The summed E-state index contributed by atoms with van der Waals surface area (Å²) < 4.78 is 22.8. The number of likely N-dealkylation sites (N-methyl/N-ethyl adjacent to an activating group) is 2. The summed E-state index contributed by atoms with van der Waals surface area (Å²) in [4.78, 5) is 11.6. The van der Waals surface area contributed by atoms with Gasteiger partial charge in [0.2, 0.25) is 6.86 Å². The minimum Gasteiger partial charge on any atom is -0.493 e. The lowest BCUT2D eigenvalue weighted by Crippen LogP contribution is -2.45. The highest BCUT2D eigenvalue weighted by Crippen LogP contribution is 2.30. The highest BCUT2D eigenvalue weighted by atomic mass is 19.1. The number of hydrogen-bond acceptors (Lipinski definition) is 6. The Bertz CT molecular complexity index is 762. The zero-order valence-corrected chi connectivity index (χ0v) is 16.4. The van der Waals surface area contributed by atoms with Gasteiger partial charge in [0.05, 0.1) is 19.5 Å². The number of amidine groups is 1. The Hall–Kier alpha value is -2.70. The summed E-state index contributed by atoms with van der Waals surface area (Å²) in [5, 5.41) is 0. The summed E-state index contributed by atoms with van der Waals surface area (Å²) in [5.41, 5.74) is 2.04. The largest absolute Gasteiger partial charge is 0.493 e. The number of halogens is 1. The van der Waals surface area contributed by atoms with E-state index in [0.29, 0.717) is 11.5 Å². The van der Waals surface area contributed by atoms with Gasteiger partial charge in [-0.25, -0.2) is 9.38 Å². The first kappa shape index (κ1) is 19.1. The molecule has 0 fully saturated rings. The number of ether oxygens (including phenoxy) is 2. The number of fused-ring (bicyclic) bond motifs is 1. The molecule has 27 heavy (non-hydrogen) atoms. The molecule has 6 nitrogen and oxygen atoms in total. The number of hydrogen-bond donors (Lipinski definition) is 0. The van der Waals surface area contributed by atoms with Crippen molar-refractivity contribution in [2.75, 3.05) is 40.8 Å². The summed E-state index contributed by atoms with van der Waals surface area (Å²) in [7, 11) is 3.59. The van der Waals surface area contributed by atoms with E-state index >= 15 is 0 Å². The number of methoxy groups -OCH3 is 1. The van der Waals surface area contributed by atoms with Gasteiger partial charge < -0.3 is 24.2 Å². The highest BCUT2D eigenvalue weighted by Gasteiger charge is 2.33. The Morgan fingerprint density at radius 1 is 1.26 bits per heavy atom. The van der Waals surface area contributed by atoms with E-state index in [1.165, 1.54) is 7.11 Å². The van der Waals surface area contributed by atoms with E-state index in [0.717, 1.165) is 36.9 Å². The quantitative estimate of drug-likeness (QED) is 0.733. The van der Waals surface area contributed by atoms with Gasteiger partial charge in [0.25, 0.3) is 0 Å². The van der Waals surface area contributed by atoms with Gasteiger partial charge in [0.15, 0.2) is 17.3 Å². The molecule has 0 bridgehead atoms. The van der Waals surface area contributed by atoms with E-state index in [4.69, 9.17) is 14.5 Å². The van der Waals surface area contributed by atoms with Gasteiger partial charge in [-0.3, -0.25) is 0 Å². The van der Waals surface area contributed by atoms with Gasteiger partial charge in [-0.1, -0.05) is 12.1 Å². The van der Waals surface area contributed by atoms with E-state index in [1.54, 1.807) is 12.1 Å². The SMILES string of the molecule is CCN1C=C2C(=NC(/C=C/c3ccc(OC)c(OCF)c3)N2C)N(CC)C1. The second kappa shape index (κ2) is 8.33. The number of benzene rings is 1. The van der Waals surface area contributed by atoms with Crippen LogP contribution in [-0.2, 0) is 0 Å². The van der Waals surface area contributed by atoms with E-state index in [1.807, 2.05) is 18.2 Å². The molecule has 0 saturated heterocycles. The number of rotatable bonds is 7. The zero-order chi connectivity index (χ0) is 19.4. The van der Waals surface area contributed by atoms with Crippen molar-refractivity contribution in [3.05, 3.63) is 41.7 Å². The smallest absolute Gasteiger partial charge is 0.228 e. The van der Waals surface area contributed by atoms with Crippen LogP contribution in [0.4, 0.5) is 4.39 Å². The zero-order valence-electron chi connectivity index (χ0n) is 16.4. The third-order valence-corrected chi connectivity index (χ3v) is 4.86. The van der Waals surface area contributed by atoms with Crippen molar-refractivity contribution < 1.29 is 13.9 Å². The molecule has 0 N–H and O–H groups in total. The number of alkyl halides is 1. The molecule has 1 aromatic rings. The molecule has 2 aliphatic rings. The topological polar surface area (TPSA) is 40.5 Å². The van der Waals surface area contributed by atoms with E-state index in [-0.39, 0.29) is 6.17 Å². The van der Waals surface area contributed by atoms with Crippen LogP contribution in [0.25, 0.3) is 6.08 Å². The molecule has 0 aliphatic carbocycles. The van der Waals surface area contributed by atoms with Gasteiger partial charge in [0, 0.05) is 26.3 Å². The molecular formula is C20H27FN4O2. The molecule has 1 aromatic carbocycles. The second-order valence-corrected chi connectivity index (χ2v) is 6.42. The van der Waals surface area contributed by atoms with Gasteiger partial charge in [0.1, 0.15) is 6.17 Å². The molecule has 0 radical (unpaired) electrons. The normalized spacial score (nSPS) is 19.3. The maximum Gasteiger partial charge on any atom is 0.228 e. The fraction of sp³-hybridized carbons (Fsp3) is 0.450. The maximum absolute atomic E-state index is 12.6. The first-order chi connectivity index (χ1) is 13.1. The molecular weight excluding hydrogens is 347 g/mol. The summed E-state index contributed by atoms with van der Waals surface area (Å²) in [6.07, 6.45) is 6.11. The van der Waals surface area contributed by atoms with Gasteiger partial charge >= 0.3 is 0 Å². The molecule has 2 aliphatic heterocycles. The molecule has 146 valence electrons. The fourth-order valence-electron chi connectivity index (χ4n) is 3.25. The van der Waals surface area contributed by atoms with Crippen molar-refractivity contribution in [3.8, 4) is 11.5 Å². The summed E-state index contributed by atoms with van der Waals surface area (Å²) in [5.74, 6) is 1.94. The monoisotopic (exact) mass is 374 g/mol. The maximum atomic E-state index is 12.6. The Morgan fingerprint density at radius 3 is 2.74 bits per heavy atom. The number of aliphatic imine (C=N–C) groups is 1. The summed E-state index contributed by atoms with van der Waals surface area (Å²) in [6.45, 7) is 6.15. The van der Waals surface area contributed by atoms with Crippen molar-refractivity contribution in [1.29, 1.82) is 0 Å². The lowest BCUT2D eigenvalue weighted by atomic mass is 10.1. The van der Waals surface area contributed by atoms with Gasteiger partial charge in [-0.2, -0.15) is 0 Å². The minimum atomic E-state index is -0.891. The minimum absolute atomic E-state index is 0.0789. The molecule has 7 heteroatoms. The average Bonchev–Trinajstić information content (AvgIpc) is 3.02. The Kier molecular flexibility index (Phi) is 5.88. The van der Waals surface area contributed by atoms with Crippen LogP contribution in [0, 0.1) is 0 Å². The van der Waals surface area contributed by atoms with Crippen molar-refractivity contribution >= 4 is 11.9 Å². The second-order valence-electron chi connectivity index (χ2n) is 6.42. The van der Waals surface area contributed by atoms with Crippen LogP contribution in [0.3, 0.4) is 0 Å². The van der Waals surface area contributed by atoms with Gasteiger partial charge in [-0.05, 0) is 37.6 Å². The molecule has 2 heterocycles. The molecule has 0 aromatic heterocycles. The molecule has 3 rings (SSSR count). The van der Waals surface area contributed by atoms with Crippen LogP contribution in [0.2, 0.25) is 0 Å². The third-order valence-electron chi connectivity index (χ3n) is 4.86. The van der Waals surface area contributed by atoms with Crippen LogP contribution in [0.5, 0.6) is 11.5 Å². The van der Waals surface area contributed by atoms with Crippen molar-refractivity contribution in [2.45, 2.75) is 20.0 Å². The first-order valence-corrected chi connectivity index (χ1v) is 9.18. The lowest BCUT2D eigenvalue weighted by molar-refractivity contribution is 0.184. The standard InChI is InChI=1S/C20H27FN4O2/c1-5-24-12-16-20(25(6-2)14-24)22-19(23(16)3)10-8-15-7-9-17(26-4)18(11-15)27-13-21/h7-12,19H,5-6,13-14H2,1-4H3/b10-8+. The van der Waals surface area contributed by atoms with Crippen LogP contribution in [0.1, 0.15) is 19.4 Å². The van der Waals surface area contributed by atoms with Crippen molar-refractivity contribution in [1.82, 2.24) is 14.7 Å². The van der Waals surface area contributed by atoms with Crippen LogP contribution >= 0.6 is 0 Å². The highest BCUT2D eigenvalue weighted by molar-refractivity contribution is 6.00. The Morgan fingerprint density at radius 2 is 2.07 bits per heavy atom. The predicted octanol–water partition coefficient (Wildman–Crippen LogP) is 3.14. The first-order valence-electron chi connectivity index (χ1n) is 9.18. The molecule has 1 unspecified atom stereocenters. The summed E-state index contributed by atoms with van der Waals surface area (Å²) in [6, 6.07) is 5.45. The molecule has 0 amide bonds. The van der Waals surface area contributed by atoms with Crippen LogP contribution in [0.15, 0.2) is 41.2 Å². The van der Waals surface area contributed by atoms with Crippen molar-refractivity contribution in [2.24, 2.45) is 4.99 Å². The van der Waals surface area contributed by atoms with Crippen molar-refractivity contribution in [3.63, 3.8) is 0 Å². The lowest BCUT2D eigenvalue weighted by Gasteiger charge is -2.36. The fourth-order valence-corrected chi connectivity index (χ4v) is 3.25. The van der Waals surface area contributed by atoms with E-state index in [9.17, 15) is 4.39 Å². The molecule has 0 saturated carbocycles. The van der Waals surface area contributed by atoms with E-state index < -0.39 is 6.86 Å². The van der Waals surface area contributed by atoms with Gasteiger partial charge in [-0.15, -0.1) is 0 Å². The molecule has 0 spiro atoms. The Labute approximate surface area is 160 Å². The van der Waals surface area contributed by atoms with E-state index in [2.05, 4.69) is 41.8 Å². The van der Waals surface area contributed by atoms with Crippen LogP contribution < -0.4 is 9.47 Å². The van der Waals surface area contributed by atoms with Crippen LogP contribution in [-0.4, -0.2) is 67.5 Å². The Balaban J connectivity index is 1.82. The third kappa shape index (κ3) is 3.86. The predicted molar refractivity (Wildman–Crippen MR) is 105 cm³/mol. The number of nitrogens with zero attached hydrogens (tertiary/aromatic N) is 4. The average molecular weight is 374 g/mol.